The second-order valence-electron chi connectivity index (χ2n) is 4.22. The van der Waals surface area contributed by atoms with Crippen LogP contribution in [0.1, 0.15) is 33.0 Å². The van der Waals surface area contributed by atoms with E-state index in [0.29, 0.717) is 5.75 Å². The first-order valence-corrected chi connectivity index (χ1v) is 6.83. The molecule has 1 aromatic heterocycles. The molecule has 0 aliphatic heterocycles. The van der Waals surface area contributed by atoms with E-state index in [1.807, 2.05) is 25.5 Å². The van der Waals surface area contributed by atoms with E-state index in [0.717, 1.165) is 23.8 Å². The molecule has 0 unspecified atom stereocenters. The predicted molar refractivity (Wildman–Crippen MR) is 69.0 cm³/mol. The lowest BCUT2D eigenvalue weighted by Crippen LogP contribution is -2.31. The Hall–Kier alpha value is -1.04. The lowest BCUT2D eigenvalue weighted by Gasteiger charge is -2.07. The fourth-order valence-electron chi connectivity index (χ4n) is 1.41. The van der Waals surface area contributed by atoms with Gasteiger partial charge in [-0.3, -0.25) is 4.79 Å². The van der Waals surface area contributed by atoms with E-state index in [-0.39, 0.29) is 11.9 Å². The van der Waals surface area contributed by atoms with Gasteiger partial charge in [-0.1, -0.05) is 18.7 Å². The Labute approximate surface area is 106 Å². The number of thioether (sulfide) groups is 1. The van der Waals surface area contributed by atoms with Gasteiger partial charge in [-0.25, -0.2) is 0 Å². The third-order valence-corrected chi connectivity index (χ3v) is 3.20. The molecule has 5 nitrogen and oxygen atoms in total. The maximum atomic E-state index is 11.5. The molecule has 1 rings (SSSR count). The summed E-state index contributed by atoms with van der Waals surface area (Å²) < 4.78 is 1.96. The number of aryl methyl sites for hydroxylation is 1. The summed E-state index contributed by atoms with van der Waals surface area (Å²) in [6.07, 6.45) is 1.97. The van der Waals surface area contributed by atoms with E-state index in [1.165, 1.54) is 11.8 Å². The minimum atomic E-state index is 0.0324. The molecule has 0 aliphatic rings. The van der Waals surface area contributed by atoms with Crippen molar-refractivity contribution in [1.82, 2.24) is 20.1 Å². The highest BCUT2D eigenvalue weighted by atomic mass is 32.2. The second-order valence-corrected chi connectivity index (χ2v) is 5.16. The van der Waals surface area contributed by atoms with Crippen molar-refractivity contribution in [3.05, 3.63) is 5.82 Å². The molecule has 0 saturated carbocycles. The number of hydrogen-bond acceptors (Lipinski definition) is 4. The van der Waals surface area contributed by atoms with Gasteiger partial charge >= 0.3 is 0 Å². The Morgan fingerprint density at radius 2 is 2.18 bits per heavy atom. The van der Waals surface area contributed by atoms with Crippen molar-refractivity contribution >= 4 is 17.7 Å². The van der Waals surface area contributed by atoms with Gasteiger partial charge in [-0.2, -0.15) is 0 Å². The van der Waals surface area contributed by atoms with Gasteiger partial charge in [-0.05, 0) is 20.3 Å². The van der Waals surface area contributed by atoms with Crippen LogP contribution < -0.4 is 5.32 Å². The normalized spacial score (nSPS) is 10.9. The van der Waals surface area contributed by atoms with Crippen molar-refractivity contribution in [2.45, 2.75) is 44.8 Å². The quantitative estimate of drug-likeness (QED) is 0.781. The van der Waals surface area contributed by atoms with E-state index in [4.69, 9.17) is 0 Å². The van der Waals surface area contributed by atoms with Crippen LogP contribution >= 0.6 is 11.8 Å². The van der Waals surface area contributed by atoms with Crippen molar-refractivity contribution in [3.8, 4) is 0 Å². The van der Waals surface area contributed by atoms with Crippen LogP contribution in [0.5, 0.6) is 0 Å². The van der Waals surface area contributed by atoms with Crippen LogP contribution in [0.25, 0.3) is 0 Å². The van der Waals surface area contributed by atoms with Crippen LogP contribution in [0.4, 0.5) is 0 Å². The smallest absolute Gasteiger partial charge is 0.230 e. The fraction of sp³-hybridized carbons (Fsp3) is 0.727. The van der Waals surface area contributed by atoms with Gasteiger partial charge in [0.15, 0.2) is 5.16 Å². The van der Waals surface area contributed by atoms with Gasteiger partial charge in [0.25, 0.3) is 0 Å². The molecular formula is C11H20N4OS. The Bertz CT molecular complexity index is 376. The minimum Gasteiger partial charge on any atom is -0.353 e. The topological polar surface area (TPSA) is 59.8 Å². The van der Waals surface area contributed by atoms with Crippen molar-refractivity contribution in [1.29, 1.82) is 0 Å². The summed E-state index contributed by atoms with van der Waals surface area (Å²) in [5, 5.41) is 11.8. The van der Waals surface area contributed by atoms with E-state index < -0.39 is 0 Å². The molecule has 0 radical (unpaired) electrons. The van der Waals surface area contributed by atoms with Crippen LogP contribution in [0.15, 0.2) is 5.16 Å². The Balaban J connectivity index is 2.49. The molecule has 6 heteroatoms. The van der Waals surface area contributed by atoms with Crippen LogP contribution in [-0.2, 0) is 18.3 Å². The zero-order valence-corrected chi connectivity index (χ0v) is 11.7. The number of nitrogens with one attached hydrogen (secondary N) is 1. The Morgan fingerprint density at radius 3 is 2.76 bits per heavy atom. The van der Waals surface area contributed by atoms with E-state index in [1.54, 1.807) is 0 Å². The SMILES string of the molecule is CCCc1nnc(SCC(=O)NC(C)C)n1C. The fourth-order valence-corrected chi connectivity index (χ4v) is 2.15. The lowest BCUT2D eigenvalue weighted by molar-refractivity contribution is -0.119. The number of nitrogens with zero attached hydrogens (tertiary/aromatic N) is 3. The average Bonchev–Trinajstić information content (AvgIpc) is 2.57. The number of rotatable bonds is 6. The molecule has 1 amide bonds. The maximum absolute atomic E-state index is 11.5. The first-order chi connectivity index (χ1) is 8.04. The molecule has 0 aliphatic carbocycles. The molecule has 0 spiro atoms. The van der Waals surface area contributed by atoms with Crippen molar-refractivity contribution in [2.24, 2.45) is 7.05 Å². The van der Waals surface area contributed by atoms with Crippen LogP contribution in [0.2, 0.25) is 0 Å². The van der Waals surface area contributed by atoms with Crippen molar-refractivity contribution in [3.63, 3.8) is 0 Å². The van der Waals surface area contributed by atoms with Crippen LogP contribution in [0, 0.1) is 0 Å². The highest BCUT2D eigenvalue weighted by Crippen LogP contribution is 2.15. The van der Waals surface area contributed by atoms with E-state index in [9.17, 15) is 4.79 Å². The third kappa shape index (κ3) is 4.38. The summed E-state index contributed by atoms with van der Waals surface area (Å²) in [4.78, 5) is 11.5. The summed E-state index contributed by atoms with van der Waals surface area (Å²) in [5.41, 5.74) is 0. The van der Waals surface area contributed by atoms with Crippen molar-refractivity contribution in [2.75, 3.05) is 5.75 Å². The van der Waals surface area contributed by atoms with Gasteiger partial charge < -0.3 is 9.88 Å². The standard InChI is InChI=1S/C11H20N4OS/c1-5-6-9-13-14-11(15(9)4)17-7-10(16)12-8(2)3/h8H,5-7H2,1-4H3,(H,12,16). The molecule has 0 aromatic carbocycles. The van der Waals surface area contributed by atoms with Gasteiger partial charge in [0.05, 0.1) is 5.75 Å². The molecule has 1 aromatic rings. The van der Waals surface area contributed by atoms with Gasteiger partial charge in [0.2, 0.25) is 5.91 Å². The van der Waals surface area contributed by atoms with Crippen molar-refractivity contribution < 1.29 is 4.79 Å². The first kappa shape index (κ1) is 14.0. The number of amides is 1. The molecule has 0 saturated heterocycles. The molecule has 17 heavy (non-hydrogen) atoms. The largest absolute Gasteiger partial charge is 0.353 e. The summed E-state index contributed by atoms with van der Waals surface area (Å²) in [7, 11) is 1.94. The third-order valence-electron chi connectivity index (χ3n) is 2.18. The van der Waals surface area contributed by atoms with Gasteiger partial charge in [0.1, 0.15) is 5.82 Å². The molecule has 1 heterocycles. The van der Waals surface area contributed by atoms with Gasteiger partial charge in [-0.15, -0.1) is 10.2 Å². The molecule has 0 bridgehead atoms. The molecular weight excluding hydrogens is 236 g/mol. The summed E-state index contributed by atoms with van der Waals surface area (Å²) in [6.45, 7) is 6.01. The highest BCUT2D eigenvalue weighted by Gasteiger charge is 2.11. The average molecular weight is 256 g/mol. The van der Waals surface area contributed by atoms with E-state index >= 15 is 0 Å². The van der Waals surface area contributed by atoms with E-state index in [2.05, 4.69) is 22.4 Å². The predicted octanol–water partition coefficient (Wildman–Crippen LogP) is 1.38. The lowest BCUT2D eigenvalue weighted by atomic mass is 10.3. The van der Waals surface area contributed by atoms with Crippen LogP contribution in [-0.4, -0.2) is 32.5 Å². The molecule has 0 atom stereocenters. The van der Waals surface area contributed by atoms with Crippen LogP contribution in [0.3, 0.4) is 0 Å². The summed E-state index contributed by atoms with van der Waals surface area (Å²) in [6, 6.07) is 0.179. The first-order valence-electron chi connectivity index (χ1n) is 5.85. The highest BCUT2D eigenvalue weighted by molar-refractivity contribution is 7.99. The molecule has 0 fully saturated rings. The number of hydrogen-bond donors (Lipinski definition) is 1. The molecule has 1 N–H and O–H groups in total. The zero-order chi connectivity index (χ0) is 12.8. The Morgan fingerprint density at radius 1 is 1.47 bits per heavy atom. The second kappa shape index (κ2) is 6.64. The zero-order valence-electron chi connectivity index (χ0n) is 10.9. The molecule has 96 valence electrons. The number of carbonyl (C=O) groups excluding carboxylic acids is 1. The van der Waals surface area contributed by atoms with Gasteiger partial charge in [0, 0.05) is 19.5 Å². The summed E-state index contributed by atoms with van der Waals surface area (Å²) in [5.74, 6) is 1.39. The maximum Gasteiger partial charge on any atom is 0.230 e. The monoisotopic (exact) mass is 256 g/mol. The number of carbonyl (C=O) groups is 1. The number of aromatic nitrogens is 3. The Kier molecular flexibility index (Phi) is 5.47. The summed E-state index contributed by atoms with van der Waals surface area (Å²) >= 11 is 1.42. The minimum absolute atomic E-state index is 0.0324.